The summed E-state index contributed by atoms with van der Waals surface area (Å²) in [6, 6.07) is 11.4. The molecule has 6 rings (SSSR count). The van der Waals surface area contributed by atoms with Gasteiger partial charge in [0.05, 0.1) is 29.7 Å². The third-order valence-corrected chi connectivity index (χ3v) is 11.3. The number of sulfonamides is 1. The van der Waals surface area contributed by atoms with Gasteiger partial charge in [-0.2, -0.15) is 0 Å². The summed E-state index contributed by atoms with van der Waals surface area (Å²) in [5.74, 6) is 0.215. The lowest BCUT2D eigenvalue weighted by Crippen LogP contribution is -2.65. The maximum Gasteiger partial charge on any atom is 0.481 e. The standard InChI is InChI=1S/C31H42BN5O7S/c1-18-15-19(22-9-6-7-10-23(22)45(40,41)37-29(39)42-5)12-13-21(18)27(38)36-26(11-8-14-35-28(33)34)32-43-25-17-20-16-24(30(20,2)3)31(25,4)44-32/h6-7,9-10,12-13,15,20,24-26H,8,11,14,16-17H2,1-5H3,(H,36,38)(H,37,39)(H4,33,34,35)/t20?,24?,25-,26+,31+/m1/s1. The minimum Gasteiger partial charge on any atom is -0.452 e. The van der Waals surface area contributed by atoms with Crippen LogP contribution in [0.25, 0.3) is 11.1 Å². The summed E-state index contributed by atoms with van der Waals surface area (Å²) in [7, 11) is -3.76. The lowest BCUT2D eigenvalue weighted by molar-refractivity contribution is -0.199. The molecule has 4 aliphatic rings. The zero-order valence-corrected chi connectivity index (χ0v) is 27.1. The molecule has 2 aromatic rings. The van der Waals surface area contributed by atoms with E-state index in [1.54, 1.807) is 43.3 Å². The van der Waals surface area contributed by atoms with E-state index < -0.39 is 34.8 Å². The first-order valence-electron chi connectivity index (χ1n) is 15.2. The molecular weight excluding hydrogens is 597 g/mol. The van der Waals surface area contributed by atoms with Crippen molar-refractivity contribution in [1.29, 1.82) is 0 Å². The maximum atomic E-state index is 13.7. The van der Waals surface area contributed by atoms with Crippen molar-refractivity contribution >= 4 is 35.1 Å². The van der Waals surface area contributed by atoms with E-state index in [2.05, 4.69) is 35.8 Å². The number of carbonyl (C=O) groups excluding carboxylic acids is 2. The molecule has 12 nitrogen and oxygen atoms in total. The number of aryl methyl sites for hydroxylation is 1. The van der Waals surface area contributed by atoms with E-state index in [0.29, 0.717) is 53.5 Å². The van der Waals surface area contributed by atoms with Crippen LogP contribution in [0.15, 0.2) is 52.4 Å². The third kappa shape index (κ3) is 6.27. The molecule has 5 atom stereocenters. The molecule has 1 saturated heterocycles. The Hall–Kier alpha value is -3.62. The van der Waals surface area contributed by atoms with E-state index in [4.69, 9.17) is 20.8 Å². The number of nitrogens with two attached hydrogens (primary N) is 2. The third-order valence-electron chi connectivity index (χ3n) is 9.94. The number of guanidine groups is 1. The number of nitrogens with zero attached hydrogens (tertiary/aromatic N) is 1. The summed E-state index contributed by atoms with van der Waals surface area (Å²) in [6.45, 7) is 8.92. The van der Waals surface area contributed by atoms with Gasteiger partial charge in [0.25, 0.3) is 15.9 Å². The van der Waals surface area contributed by atoms with Gasteiger partial charge in [0.2, 0.25) is 0 Å². The molecule has 0 spiro atoms. The second kappa shape index (κ2) is 12.3. The minimum atomic E-state index is -4.21. The fraction of sp³-hybridized carbons (Fsp3) is 0.516. The van der Waals surface area contributed by atoms with Crippen LogP contribution in [0.3, 0.4) is 0 Å². The molecule has 2 aromatic carbocycles. The van der Waals surface area contributed by atoms with Crippen LogP contribution in [0, 0.1) is 24.2 Å². The smallest absolute Gasteiger partial charge is 0.452 e. The second-order valence-electron chi connectivity index (χ2n) is 13.0. The molecule has 1 aliphatic heterocycles. The summed E-state index contributed by atoms with van der Waals surface area (Å²) in [5, 5.41) is 3.15. The molecule has 45 heavy (non-hydrogen) atoms. The molecule has 3 saturated carbocycles. The molecule has 3 aliphatic carbocycles. The van der Waals surface area contributed by atoms with Crippen LogP contribution in [-0.4, -0.2) is 64.8 Å². The zero-order valence-electron chi connectivity index (χ0n) is 26.3. The van der Waals surface area contributed by atoms with Crippen LogP contribution in [-0.2, 0) is 24.1 Å². The molecule has 2 unspecified atom stereocenters. The Morgan fingerprint density at radius 1 is 1.16 bits per heavy atom. The number of rotatable bonds is 10. The fourth-order valence-electron chi connectivity index (χ4n) is 7.34. The number of amides is 2. The topological polar surface area (TPSA) is 184 Å². The Labute approximate surface area is 264 Å². The average Bonchev–Trinajstić information content (AvgIpc) is 3.35. The van der Waals surface area contributed by atoms with E-state index in [0.717, 1.165) is 20.0 Å². The number of nitrogens with one attached hydrogen (secondary N) is 2. The van der Waals surface area contributed by atoms with E-state index in [9.17, 15) is 18.0 Å². The van der Waals surface area contributed by atoms with Crippen LogP contribution < -0.4 is 21.5 Å². The highest BCUT2D eigenvalue weighted by Crippen LogP contribution is 2.65. The van der Waals surface area contributed by atoms with Gasteiger partial charge in [0, 0.05) is 17.7 Å². The molecule has 0 aromatic heterocycles. The Morgan fingerprint density at radius 2 is 1.89 bits per heavy atom. The minimum absolute atomic E-state index is 0.00987. The van der Waals surface area contributed by atoms with Crippen LogP contribution in [0.1, 0.15) is 62.4 Å². The number of aliphatic imine (C=N–C) groups is 1. The average molecular weight is 640 g/mol. The zero-order chi connectivity index (χ0) is 32.7. The van der Waals surface area contributed by atoms with Crippen molar-refractivity contribution < 1.29 is 32.1 Å². The van der Waals surface area contributed by atoms with Gasteiger partial charge < -0.3 is 30.8 Å². The van der Waals surface area contributed by atoms with Crippen molar-refractivity contribution in [1.82, 2.24) is 10.0 Å². The van der Waals surface area contributed by atoms with Crippen LogP contribution in [0.2, 0.25) is 0 Å². The van der Waals surface area contributed by atoms with Gasteiger partial charge in [0.15, 0.2) is 5.96 Å². The molecule has 2 amide bonds. The van der Waals surface area contributed by atoms with Crippen molar-refractivity contribution in [3.05, 3.63) is 53.6 Å². The SMILES string of the molecule is COC(=O)NS(=O)(=O)c1ccccc1-c1ccc(C(=O)N[C@@H](CCCN=C(N)N)B2O[C@@H]3CC4CC(C4(C)C)[C@]3(C)O2)c(C)c1. The monoisotopic (exact) mass is 639 g/mol. The van der Waals surface area contributed by atoms with Crippen LogP contribution in [0.4, 0.5) is 4.79 Å². The van der Waals surface area contributed by atoms with Gasteiger partial charge >= 0.3 is 13.2 Å². The van der Waals surface area contributed by atoms with Gasteiger partial charge in [-0.1, -0.05) is 44.2 Å². The molecule has 6 N–H and O–H groups in total. The van der Waals surface area contributed by atoms with Gasteiger partial charge in [-0.15, -0.1) is 0 Å². The van der Waals surface area contributed by atoms with Gasteiger partial charge in [-0.3, -0.25) is 9.79 Å². The van der Waals surface area contributed by atoms with Gasteiger partial charge in [-0.05, 0) is 80.0 Å². The molecule has 2 bridgehead atoms. The number of hydrogen-bond acceptors (Lipinski definition) is 8. The lowest BCUT2D eigenvalue weighted by atomic mass is 9.43. The summed E-state index contributed by atoms with van der Waals surface area (Å²) >= 11 is 0. The largest absolute Gasteiger partial charge is 0.481 e. The highest BCUT2D eigenvalue weighted by Gasteiger charge is 2.68. The maximum absolute atomic E-state index is 13.7. The summed E-state index contributed by atoms with van der Waals surface area (Å²) < 4.78 is 45.3. The molecular formula is C31H42BN5O7S. The van der Waals surface area contributed by atoms with Crippen LogP contribution >= 0.6 is 0 Å². The molecule has 0 radical (unpaired) electrons. The molecule has 14 heteroatoms. The van der Waals surface area contributed by atoms with Crippen molar-refractivity contribution in [3.63, 3.8) is 0 Å². The summed E-state index contributed by atoms with van der Waals surface area (Å²) in [6.07, 6.45) is 2.05. The van der Waals surface area contributed by atoms with Crippen molar-refractivity contribution in [2.75, 3.05) is 13.7 Å². The number of methoxy groups -OCH3 is 1. The van der Waals surface area contributed by atoms with Crippen LogP contribution in [0.5, 0.6) is 0 Å². The first kappa shape index (κ1) is 32.8. The van der Waals surface area contributed by atoms with Gasteiger partial charge in [-0.25, -0.2) is 17.9 Å². The summed E-state index contributed by atoms with van der Waals surface area (Å²) in [4.78, 5) is 29.4. The van der Waals surface area contributed by atoms with E-state index >= 15 is 0 Å². The number of benzene rings is 2. The Bertz CT molecular complexity index is 1610. The Kier molecular flexibility index (Phi) is 8.95. The number of ether oxygens (including phenoxy) is 1. The van der Waals surface area contributed by atoms with E-state index in [1.807, 2.05) is 4.72 Å². The second-order valence-corrected chi connectivity index (χ2v) is 14.6. The molecule has 4 fully saturated rings. The number of carbonyl (C=O) groups is 2. The Morgan fingerprint density at radius 3 is 2.56 bits per heavy atom. The van der Waals surface area contributed by atoms with Gasteiger partial charge in [0.1, 0.15) is 0 Å². The predicted molar refractivity (Wildman–Crippen MR) is 171 cm³/mol. The highest BCUT2D eigenvalue weighted by molar-refractivity contribution is 7.90. The number of hydrogen-bond donors (Lipinski definition) is 4. The van der Waals surface area contributed by atoms with E-state index in [-0.39, 0.29) is 28.3 Å². The van der Waals surface area contributed by atoms with E-state index in [1.165, 1.54) is 6.07 Å². The highest BCUT2D eigenvalue weighted by atomic mass is 32.2. The predicted octanol–water partition coefficient (Wildman–Crippen LogP) is 3.13. The van der Waals surface area contributed by atoms with Crippen molar-refractivity contribution in [2.24, 2.45) is 33.7 Å². The summed E-state index contributed by atoms with van der Waals surface area (Å²) in [5.41, 5.74) is 12.8. The molecule has 242 valence electrons. The van der Waals surface area contributed by atoms with Crippen molar-refractivity contribution in [2.45, 2.75) is 75.9 Å². The first-order chi connectivity index (χ1) is 21.2. The first-order valence-corrected chi connectivity index (χ1v) is 16.7. The Balaban J connectivity index is 1.36. The molecule has 1 heterocycles. The lowest BCUT2D eigenvalue weighted by Gasteiger charge is -2.64. The fourth-order valence-corrected chi connectivity index (χ4v) is 8.49. The normalized spacial score (nSPS) is 25.4. The quantitative estimate of drug-likeness (QED) is 0.131. The van der Waals surface area contributed by atoms with Crippen molar-refractivity contribution in [3.8, 4) is 11.1 Å².